The Balaban J connectivity index is 0.00000256. The van der Waals surface area contributed by atoms with Gasteiger partial charge in [0.2, 0.25) is 0 Å². The molecular formula is C14H20ClNO. The maximum absolute atomic E-state index is 5.56. The lowest BCUT2D eigenvalue weighted by Gasteiger charge is -2.03. The van der Waals surface area contributed by atoms with E-state index in [9.17, 15) is 0 Å². The van der Waals surface area contributed by atoms with Crippen molar-refractivity contribution in [1.82, 2.24) is 5.32 Å². The standard InChI is InChI=1S/C14H19NO.ClH/c1-3-9-15-10-4-5-11-16-14-8-6-7-13(2)12-14;/h3-8,12,15H,1,9-11H2,2H3;1H. The summed E-state index contributed by atoms with van der Waals surface area (Å²) in [5.41, 5.74) is 1.22. The van der Waals surface area contributed by atoms with E-state index in [4.69, 9.17) is 4.74 Å². The molecule has 0 atom stereocenters. The zero-order valence-corrected chi connectivity index (χ0v) is 11.0. The summed E-state index contributed by atoms with van der Waals surface area (Å²) in [6.07, 6.45) is 5.91. The molecule has 0 aliphatic heterocycles. The van der Waals surface area contributed by atoms with Crippen LogP contribution in [0, 0.1) is 6.92 Å². The molecule has 94 valence electrons. The predicted molar refractivity (Wildman–Crippen MR) is 76.1 cm³/mol. The van der Waals surface area contributed by atoms with Crippen molar-refractivity contribution < 1.29 is 4.74 Å². The van der Waals surface area contributed by atoms with E-state index in [0.29, 0.717) is 6.61 Å². The van der Waals surface area contributed by atoms with E-state index in [2.05, 4.69) is 31.0 Å². The van der Waals surface area contributed by atoms with Crippen LogP contribution in [-0.2, 0) is 0 Å². The second-order valence-corrected chi connectivity index (χ2v) is 3.55. The Bertz CT molecular complexity index is 350. The minimum Gasteiger partial charge on any atom is -0.490 e. The molecule has 0 amide bonds. The van der Waals surface area contributed by atoms with Gasteiger partial charge in [-0.15, -0.1) is 19.0 Å². The van der Waals surface area contributed by atoms with Gasteiger partial charge in [-0.05, 0) is 24.6 Å². The lowest BCUT2D eigenvalue weighted by Crippen LogP contribution is -2.12. The molecule has 0 fully saturated rings. The smallest absolute Gasteiger partial charge is 0.120 e. The van der Waals surface area contributed by atoms with Crippen molar-refractivity contribution in [2.45, 2.75) is 6.92 Å². The molecule has 0 aliphatic rings. The zero-order chi connectivity index (χ0) is 11.6. The fourth-order valence-electron chi connectivity index (χ4n) is 1.27. The maximum atomic E-state index is 5.56. The molecule has 0 aliphatic carbocycles. The number of ether oxygens (including phenoxy) is 1. The summed E-state index contributed by atoms with van der Waals surface area (Å²) in [7, 11) is 0. The van der Waals surface area contributed by atoms with Crippen LogP contribution in [-0.4, -0.2) is 19.7 Å². The van der Waals surface area contributed by atoms with Crippen LogP contribution in [0.1, 0.15) is 5.56 Å². The molecule has 1 N–H and O–H groups in total. The molecule has 1 aromatic carbocycles. The SMILES string of the molecule is C=CCNCC=CCOc1cccc(C)c1.Cl. The Labute approximate surface area is 110 Å². The van der Waals surface area contributed by atoms with E-state index in [1.54, 1.807) is 0 Å². The van der Waals surface area contributed by atoms with Gasteiger partial charge in [0.25, 0.3) is 0 Å². The van der Waals surface area contributed by atoms with Gasteiger partial charge in [0.1, 0.15) is 12.4 Å². The average Bonchev–Trinajstić information content (AvgIpc) is 2.28. The Kier molecular flexibility index (Phi) is 9.21. The summed E-state index contributed by atoms with van der Waals surface area (Å²) < 4.78 is 5.56. The number of nitrogens with one attached hydrogen (secondary N) is 1. The van der Waals surface area contributed by atoms with Gasteiger partial charge < -0.3 is 10.1 Å². The summed E-state index contributed by atoms with van der Waals surface area (Å²) in [6.45, 7) is 7.99. The minimum atomic E-state index is 0. The highest BCUT2D eigenvalue weighted by atomic mass is 35.5. The molecule has 0 aromatic heterocycles. The number of benzene rings is 1. The molecule has 0 saturated heterocycles. The van der Waals surface area contributed by atoms with Gasteiger partial charge >= 0.3 is 0 Å². The van der Waals surface area contributed by atoms with Gasteiger partial charge in [0.05, 0.1) is 0 Å². The quantitative estimate of drug-likeness (QED) is 0.596. The van der Waals surface area contributed by atoms with E-state index in [0.717, 1.165) is 18.8 Å². The Morgan fingerprint density at radius 2 is 2.12 bits per heavy atom. The van der Waals surface area contributed by atoms with Crippen LogP contribution >= 0.6 is 12.4 Å². The summed E-state index contributed by atoms with van der Waals surface area (Å²) >= 11 is 0. The summed E-state index contributed by atoms with van der Waals surface area (Å²) in [5, 5.41) is 3.18. The molecule has 0 heterocycles. The van der Waals surface area contributed by atoms with Crippen molar-refractivity contribution in [3.8, 4) is 5.75 Å². The topological polar surface area (TPSA) is 21.3 Å². The Hall–Kier alpha value is -1.25. The Morgan fingerprint density at radius 1 is 1.29 bits per heavy atom. The number of hydrogen-bond donors (Lipinski definition) is 1. The van der Waals surface area contributed by atoms with Crippen molar-refractivity contribution in [2.24, 2.45) is 0 Å². The third-order valence-corrected chi connectivity index (χ3v) is 2.05. The first-order chi connectivity index (χ1) is 7.83. The minimum absolute atomic E-state index is 0. The van der Waals surface area contributed by atoms with Crippen LogP contribution in [0.15, 0.2) is 49.1 Å². The highest BCUT2D eigenvalue weighted by Gasteiger charge is 1.90. The fourth-order valence-corrected chi connectivity index (χ4v) is 1.27. The first kappa shape index (κ1) is 15.8. The molecule has 1 aromatic rings. The normalized spacial score (nSPS) is 9.94. The van der Waals surface area contributed by atoms with Crippen LogP contribution in [0.25, 0.3) is 0 Å². The van der Waals surface area contributed by atoms with E-state index in [-0.39, 0.29) is 12.4 Å². The lowest BCUT2D eigenvalue weighted by atomic mass is 10.2. The van der Waals surface area contributed by atoms with E-state index in [1.165, 1.54) is 5.56 Å². The second-order valence-electron chi connectivity index (χ2n) is 3.55. The summed E-state index contributed by atoms with van der Waals surface area (Å²) in [6, 6.07) is 8.06. The molecule has 1 rings (SSSR count). The number of aryl methyl sites for hydroxylation is 1. The third kappa shape index (κ3) is 7.61. The molecule has 3 heteroatoms. The number of hydrogen-bond acceptors (Lipinski definition) is 2. The van der Waals surface area contributed by atoms with E-state index in [1.807, 2.05) is 30.4 Å². The molecule has 0 radical (unpaired) electrons. The number of halogens is 1. The van der Waals surface area contributed by atoms with Crippen molar-refractivity contribution >= 4 is 12.4 Å². The zero-order valence-electron chi connectivity index (χ0n) is 10.2. The molecular weight excluding hydrogens is 234 g/mol. The molecule has 0 unspecified atom stereocenters. The van der Waals surface area contributed by atoms with Crippen LogP contribution in [0.4, 0.5) is 0 Å². The lowest BCUT2D eigenvalue weighted by molar-refractivity contribution is 0.362. The van der Waals surface area contributed by atoms with E-state index < -0.39 is 0 Å². The molecule has 0 saturated carbocycles. The monoisotopic (exact) mass is 253 g/mol. The van der Waals surface area contributed by atoms with Gasteiger partial charge in [-0.2, -0.15) is 0 Å². The fraction of sp³-hybridized carbons (Fsp3) is 0.286. The van der Waals surface area contributed by atoms with Crippen molar-refractivity contribution in [3.05, 3.63) is 54.6 Å². The molecule has 17 heavy (non-hydrogen) atoms. The Morgan fingerprint density at radius 3 is 2.82 bits per heavy atom. The molecule has 2 nitrogen and oxygen atoms in total. The van der Waals surface area contributed by atoms with Crippen LogP contribution < -0.4 is 10.1 Å². The van der Waals surface area contributed by atoms with Crippen molar-refractivity contribution in [3.63, 3.8) is 0 Å². The van der Waals surface area contributed by atoms with Crippen molar-refractivity contribution in [1.29, 1.82) is 0 Å². The van der Waals surface area contributed by atoms with Gasteiger partial charge in [-0.3, -0.25) is 0 Å². The molecule has 0 spiro atoms. The van der Waals surface area contributed by atoms with E-state index >= 15 is 0 Å². The highest BCUT2D eigenvalue weighted by Crippen LogP contribution is 2.11. The second kappa shape index (κ2) is 9.94. The van der Waals surface area contributed by atoms with Crippen LogP contribution in [0.2, 0.25) is 0 Å². The largest absolute Gasteiger partial charge is 0.490 e. The van der Waals surface area contributed by atoms with Gasteiger partial charge in [-0.25, -0.2) is 0 Å². The third-order valence-electron chi connectivity index (χ3n) is 2.05. The van der Waals surface area contributed by atoms with Gasteiger partial charge in [0, 0.05) is 13.1 Å². The van der Waals surface area contributed by atoms with Gasteiger partial charge in [-0.1, -0.05) is 30.4 Å². The first-order valence-electron chi connectivity index (χ1n) is 5.49. The summed E-state index contributed by atoms with van der Waals surface area (Å²) in [5.74, 6) is 0.920. The molecule has 0 bridgehead atoms. The first-order valence-corrected chi connectivity index (χ1v) is 5.49. The number of rotatable bonds is 7. The van der Waals surface area contributed by atoms with Crippen LogP contribution in [0.5, 0.6) is 5.75 Å². The highest BCUT2D eigenvalue weighted by molar-refractivity contribution is 5.85. The average molecular weight is 254 g/mol. The van der Waals surface area contributed by atoms with Crippen molar-refractivity contribution in [2.75, 3.05) is 19.7 Å². The van der Waals surface area contributed by atoms with Gasteiger partial charge in [0.15, 0.2) is 0 Å². The summed E-state index contributed by atoms with van der Waals surface area (Å²) in [4.78, 5) is 0. The van der Waals surface area contributed by atoms with Crippen LogP contribution in [0.3, 0.4) is 0 Å². The predicted octanol–water partition coefficient (Wildman–Crippen LogP) is 3.13. The maximum Gasteiger partial charge on any atom is 0.120 e.